The number of carbonyl (C=O) groups excluding carboxylic acids is 1. The van der Waals surface area contributed by atoms with E-state index >= 15 is 0 Å². The van der Waals surface area contributed by atoms with Crippen LogP contribution in [-0.4, -0.2) is 19.8 Å². The molecule has 0 aromatic rings. The second kappa shape index (κ2) is 6.08. The van der Waals surface area contributed by atoms with E-state index in [-0.39, 0.29) is 0 Å². The van der Waals surface area contributed by atoms with E-state index in [0.717, 1.165) is 0 Å². The van der Waals surface area contributed by atoms with E-state index < -0.39 is 0 Å². The lowest BCUT2D eigenvalue weighted by Gasteiger charge is -1.81. The average Bonchev–Trinajstić information content (AvgIpc) is 1.81. The van der Waals surface area contributed by atoms with Gasteiger partial charge in [-0.15, -0.1) is 0 Å². The van der Waals surface area contributed by atoms with Crippen molar-refractivity contribution in [2.45, 2.75) is 0 Å². The molecule has 0 N–H and O–H groups in total. The summed E-state index contributed by atoms with van der Waals surface area (Å²) in [6, 6.07) is 0. The van der Waals surface area contributed by atoms with Crippen LogP contribution >= 0.6 is 0 Å². The predicted octanol–water partition coefficient (Wildman–Crippen LogP) is 0.482. The van der Waals surface area contributed by atoms with Crippen molar-refractivity contribution in [1.82, 2.24) is 0 Å². The molecule has 0 bridgehead atoms. The average molecular weight is 113 g/mol. The number of isocyanates is 1. The van der Waals surface area contributed by atoms with E-state index in [0.29, 0.717) is 6.61 Å². The molecule has 0 atom stereocenters. The van der Waals surface area contributed by atoms with Crippen molar-refractivity contribution in [2.75, 3.05) is 13.7 Å². The van der Waals surface area contributed by atoms with Crippen molar-refractivity contribution >= 4 is 6.08 Å². The maximum Gasteiger partial charge on any atom is 0.239 e. The first-order valence-corrected chi connectivity index (χ1v) is 2.12. The highest BCUT2D eigenvalue weighted by atomic mass is 16.5. The van der Waals surface area contributed by atoms with E-state index in [9.17, 15) is 4.79 Å². The fourth-order valence-corrected chi connectivity index (χ4v) is 0.222. The largest absolute Gasteiger partial charge is 0.381 e. The highest BCUT2D eigenvalue weighted by molar-refractivity contribution is 5.34. The fourth-order valence-electron chi connectivity index (χ4n) is 0.222. The molecule has 44 valence electrons. The minimum atomic E-state index is 0.477. The molecule has 0 aromatic heterocycles. The molecule has 0 aliphatic rings. The van der Waals surface area contributed by atoms with Crippen molar-refractivity contribution in [3.63, 3.8) is 0 Å². The second-order valence-electron chi connectivity index (χ2n) is 1.06. The quantitative estimate of drug-likeness (QED) is 0.394. The molecule has 0 saturated heterocycles. The number of rotatable bonds is 3. The molecule has 8 heavy (non-hydrogen) atoms. The Labute approximate surface area is 47.7 Å². The van der Waals surface area contributed by atoms with Gasteiger partial charge in [-0.3, -0.25) is 0 Å². The summed E-state index contributed by atoms with van der Waals surface area (Å²) in [5.74, 6) is 0. The summed E-state index contributed by atoms with van der Waals surface area (Å²) < 4.78 is 4.61. The summed E-state index contributed by atoms with van der Waals surface area (Å²) in [4.78, 5) is 12.5. The molecule has 0 rings (SSSR count). The van der Waals surface area contributed by atoms with Crippen LogP contribution in [-0.2, 0) is 9.53 Å². The standard InChI is InChI=1S/C5H7NO2/c1-8-4-2-3-6-5-7/h2-3H,4H2,1H3/b3-2-. The van der Waals surface area contributed by atoms with Gasteiger partial charge >= 0.3 is 0 Å². The van der Waals surface area contributed by atoms with Gasteiger partial charge in [-0.1, -0.05) is 0 Å². The molecule has 0 saturated carbocycles. The molecule has 0 radical (unpaired) electrons. The number of aliphatic imine (C=N–C) groups is 1. The maximum absolute atomic E-state index is 9.38. The first kappa shape index (κ1) is 7.08. The summed E-state index contributed by atoms with van der Waals surface area (Å²) in [7, 11) is 1.56. The number of hydrogen-bond acceptors (Lipinski definition) is 3. The van der Waals surface area contributed by atoms with E-state index in [1.54, 1.807) is 13.2 Å². The van der Waals surface area contributed by atoms with Crippen LogP contribution < -0.4 is 0 Å². The molecular weight excluding hydrogens is 106 g/mol. The zero-order chi connectivity index (χ0) is 6.24. The van der Waals surface area contributed by atoms with Crippen LogP contribution in [0.25, 0.3) is 0 Å². The number of ether oxygens (including phenoxy) is 1. The zero-order valence-electron chi connectivity index (χ0n) is 4.63. The Morgan fingerprint density at radius 2 is 2.62 bits per heavy atom. The fraction of sp³-hybridized carbons (Fsp3) is 0.400. The van der Waals surface area contributed by atoms with Crippen molar-refractivity contribution < 1.29 is 9.53 Å². The van der Waals surface area contributed by atoms with Gasteiger partial charge in [0.15, 0.2) is 0 Å². The third-order valence-corrected chi connectivity index (χ3v) is 0.496. The summed E-state index contributed by atoms with van der Waals surface area (Å²) in [6.07, 6.45) is 4.32. The van der Waals surface area contributed by atoms with Crippen LogP contribution in [0.3, 0.4) is 0 Å². The van der Waals surface area contributed by atoms with Crippen LogP contribution in [0.15, 0.2) is 17.3 Å². The molecule has 0 amide bonds. The molecule has 0 heterocycles. The van der Waals surface area contributed by atoms with Crippen LogP contribution in [0.1, 0.15) is 0 Å². The molecule has 0 aliphatic carbocycles. The Bertz CT molecular complexity index is 114. The monoisotopic (exact) mass is 113 g/mol. The Hall–Kier alpha value is -0.920. The Kier molecular flexibility index (Phi) is 5.38. The topological polar surface area (TPSA) is 38.7 Å². The van der Waals surface area contributed by atoms with Crippen LogP contribution in [0.5, 0.6) is 0 Å². The van der Waals surface area contributed by atoms with Crippen molar-refractivity contribution in [3.05, 3.63) is 12.3 Å². The van der Waals surface area contributed by atoms with Gasteiger partial charge in [0.25, 0.3) is 0 Å². The molecule has 3 nitrogen and oxygen atoms in total. The van der Waals surface area contributed by atoms with Gasteiger partial charge < -0.3 is 4.74 Å². The molecular formula is C5H7NO2. The highest BCUT2D eigenvalue weighted by Crippen LogP contribution is 1.72. The Morgan fingerprint density at radius 1 is 1.88 bits per heavy atom. The maximum atomic E-state index is 9.38. The molecule has 3 heteroatoms. The number of hydrogen-bond donors (Lipinski definition) is 0. The van der Waals surface area contributed by atoms with Gasteiger partial charge in [-0.2, -0.15) is 4.99 Å². The van der Waals surface area contributed by atoms with Crippen molar-refractivity contribution in [1.29, 1.82) is 0 Å². The predicted molar refractivity (Wildman–Crippen MR) is 29.1 cm³/mol. The van der Waals surface area contributed by atoms with Crippen molar-refractivity contribution in [3.8, 4) is 0 Å². The highest BCUT2D eigenvalue weighted by Gasteiger charge is 1.66. The summed E-state index contributed by atoms with van der Waals surface area (Å²) >= 11 is 0. The van der Waals surface area contributed by atoms with Crippen LogP contribution in [0.4, 0.5) is 0 Å². The third kappa shape index (κ3) is 5.08. The molecule has 0 aliphatic heterocycles. The lowest BCUT2D eigenvalue weighted by atomic mass is 10.7. The SMILES string of the molecule is COC/C=C\N=C=O. The Morgan fingerprint density at radius 3 is 3.12 bits per heavy atom. The molecule has 0 fully saturated rings. The molecule has 0 aromatic carbocycles. The van der Waals surface area contributed by atoms with Gasteiger partial charge in [0.1, 0.15) is 0 Å². The van der Waals surface area contributed by atoms with Crippen LogP contribution in [0.2, 0.25) is 0 Å². The van der Waals surface area contributed by atoms with E-state index in [2.05, 4.69) is 9.73 Å². The Balaban J connectivity index is 3.20. The molecule has 0 unspecified atom stereocenters. The summed E-state index contributed by atoms with van der Waals surface area (Å²) in [6.45, 7) is 0.477. The zero-order valence-corrected chi connectivity index (χ0v) is 4.63. The van der Waals surface area contributed by atoms with Crippen LogP contribution in [0, 0.1) is 0 Å². The third-order valence-electron chi connectivity index (χ3n) is 0.496. The lowest BCUT2D eigenvalue weighted by molar-refractivity contribution is 0.233. The number of nitrogens with zero attached hydrogens (tertiary/aromatic N) is 1. The van der Waals surface area contributed by atoms with E-state index in [1.807, 2.05) is 0 Å². The summed E-state index contributed by atoms with van der Waals surface area (Å²) in [5, 5.41) is 0. The molecule has 0 spiro atoms. The van der Waals surface area contributed by atoms with Gasteiger partial charge in [0, 0.05) is 13.3 Å². The minimum absolute atomic E-state index is 0.477. The number of methoxy groups -OCH3 is 1. The van der Waals surface area contributed by atoms with Gasteiger partial charge in [-0.25, -0.2) is 4.79 Å². The van der Waals surface area contributed by atoms with E-state index in [4.69, 9.17) is 0 Å². The first-order valence-electron chi connectivity index (χ1n) is 2.12. The first-order chi connectivity index (χ1) is 3.91. The minimum Gasteiger partial charge on any atom is -0.381 e. The smallest absolute Gasteiger partial charge is 0.239 e. The normalized spacial score (nSPS) is 9.12. The summed E-state index contributed by atoms with van der Waals surface area (Å²) in [5.41, 5.74) is 0. The van der Waals surface area contributed by atoms with Gasteiger partial charge in [-0.05, 0) is 6.08 Å². The van der Waals surface area contributed by atoms with Gasteiger partial charge in [0.05, 0.1) is 6.61 Å². The second-order valence-corrected chi connectivity index (χ2v) is 1.06. The van der Waals surface area contributed by atoms with Gasteiger partial charge in [0.2, 0.25) is 6.08 Å². The van der Waals surface area contributed by atoms with Crippen molar-refractivity contribution in [2.24, 2.45) is 4.99 Å². The lowest BCUT2D eigenvalue weighted by Crippen LogP contribution is -1.78. The van der Waals surface area contributed by atoms with E-state index in [1.165, 1.54) is 12.3 Å².